The Balaban J connectivity index is 2.10. The van der Waals surface area contributed by atoms with E-state index in [2.05, 4.69) is 22.4 Å². The molecule has 3 N–H and O–H groups in total. The van der Waals surface area contributed by atoms with E-state index in [1.807, 2.05) is 12.1 Å². The first-order valence-electron chi connectivity index (χ1n) is 5.04. The average molecular weight is 194 g/mol. The molecular weight excluding hydrogens is 176 g/mol. The van der Waals surface area contributed by atoms with Gasteiger partial charge in [0.15, 0.2) is 0 Å². The molecule has 78 valence electrons. The van der Waals surface area contributed by atoms with Crippen molar-refractivity contribution < 1.29 is 0 Å². The van der Waals surface area contributed by atoms with Gasteiger partial charge < -0.3 is 11.1 Å². The van der Waals surface area contributed by atoms with E-state index in [1.54, 1.807) is 6.20 Å². The van der Waals surface area contributed by atoms with Gasteiger partial charge in [0.1, 0.15) is 5.82 Å². The van der Waals surface area contributed by atoms with E-state index in [-0.39, 0.29) is 0 Å². The summed E-state index contributed by atoms with van der Waals surface area (Å²) in [5, 5.41) is 10.9. The molecule has 1 aromatic rings. The van der Waals surface area contributed by atoms with Crippen molar-refractivity contribution in [3.63, 3.8) is 0 Å². The predicted molar refractivity (Wildman–Crippen MR) is 58.0 cm³/mol. The maximum Gasteiger partial charge on any atom is 0.148 e. The molecule has 0 aliphatic carbocycles. The molecule has 0 saturated heterocycles. The molecule has 0 amide bonds. The Kier molecular flexibility index (Phi) is 4.93. The molecule has 4 nitrogen and oxygen atoms in total. The summed E-state index contributed by atoms with van der Waals surface area (Å²) in [6, 6.07) is 3.79. The van der Waals surface area contributed by atoms with Gasteiger partial charge in [-0.2, -0.15) is 5.10 Å². The highest BCUT2D eigenvalue weighted by Gasteiger charge is 1.98. The van der Waals surface area contributed by atoms with Crippen LogP contribution in [0.2, 0.25) is 0 Å². The highest BCUT2D eigenvalue weighted by Crippen LogP contribution is 2.04. The fourth-order valence-corrected chi connectivity index (χ4v) is 1.18. The Hall–Kier alpha value is -1.16. The summed E-state index contributed by atoms with van der Waals surface area (Å²) in [6.07, 6.45) is 3.94. The Morgan fingerprint density at radius 1 is 1.57 bits per heavy atom. The normalized spacial score (nSPS) is 12.4. The summed E-state index contributed by atoms with van der Waals surface area (Å²) in [6.45, 7) is 3.87. The molecule has 0 fully saturated rings. The van der Waals surface area contributed by atoms with Crippen molar-refractivity contribution in [1.29, 1.82) is 0 Å². The van der Waals surface area contributed by atoms with Crippen molar-refractivity contribution in [2.24, 2.45) is 11.7 Å². The molecule has 1 heterocycles. The molecule has 4 heteroatoms. The molecule has 0 radical (unpaired) electrons. The zero-order chi connectivity index (χ0) is 10.2. The molecule has 0 aliphatic heterocycles. The zero-order valence-corrected chi connectivity index (χ0v) is 8.61. The van der Waals surface area contributed by atoms with Gasteiger partial charge in [0.05, 0.1) is 0 Å². The first-order valence-corrected chi connectivity index (χ1v) is 5.04. The van der Waals surface area contributed by atoms with Gasteiger partial charge in [-0.05, 0) is 37.4 Å². The van der Waals surface area contributed by atoms with Crippen LogP contribution in [0.1, 0.15) is 19.8 Å². The van der Waals surface area contributed by atoms with Crippen LogP contribution in [0.3, 0.4) is 0 Å². The van der Waals surface area contributed by atoms with Crippen LogP contribution in [0, 0.1) is 5.92 Å². The second kappa shape index (κ2) is 6.32. The number of nitrogens with zero attached hydrogens (tertiary/aromatic N) is 2. The fourth-order valence-electron chi connectivity index (χ4n) is 1.18. The fraction of sp³-hybridized carbons (Fsp3) is 0.600. The van der Waals surface area contributed by atoms with E-state index < -0.39 is 0 Å². The first-order chi connectivity index (χ1) is 6.83. The molecule has 1 unspecified atom stereocenters. The quantitative estimate of drug-likeness (QED) is 0.669. The highest BCUT2D eigenvalue weighted by molar-refractivity contribution is 5.30. The van der Waals surface area contributed by atoms with Crippen LogP contribution < -0.4 is 11.1 Å². The van der Waals surface area contributed by atoms with Gasteiger partial charge in [-0.25, -0.2) is 0 Å². The average Bonchev–Trinajstić information content (AvgIpc) is 2.25. The Labute approximate surface area is 84.9 Å². The van der Waals surface area contributed by atoms with Crippen molar-refractivity contribution in [3.8, 4) is 0 Å². The molecule has 0 aliphatic rings. The van der Waals surface area contributed by atoms with Crippen molar-refractivity contribution in [2.75, 3.05) is 18.4 Å². The SMILES string of the molecule is CC(CN)CCCNc1cccnn1. The number of anilines is 1. The maximum atomic E-state index is 5.52. The largest absolute Gasteiger partial charge is 0.369 e. The lowest BCUT2D eigenvalue weighted by Crippen LogP contribution is -2.12. The van der Waals surface area contributed by atoms with Crippen LogP contribution in [-0.2, 0) is 0 Å². The predicted octanol–water partition coefficient (Wildman–Crippen LogP) is 1.26. The highest BCUT2D eigenvalue weighted by atomic mass is 15.2. The third-order valence-electron chi connectivity index (χ3n) is 2.15. The molecule has 0 spiro atoms. The van der Waals surface area contributed by atoms with Crippen LogP contribution in [0.25, 0.3) is 0 Å². The molecule has 14 heavy (non-hydrogen) atoms. The topological polar surface area (TPSA) is 63.8 Å². The van der Waals surface area contributed by atoms with Gasteiger partial charge in [-0.1, -0.05) is 6.92 Å². The third-order valence-corrected chi connectivity index (χ3v) is 2.15. The van der Waals surface area contributed by atoms with Crippen LogP contribution in [-0.4, -0.2) is 23.3 Å². The second-order valence-corrected chi connectivity index (χ2v) is 3.52. The standard InChI is InChI=1S/C10H18N4/c1-9(8-11)4-2-6-12-10-5-3-7-13-14-10/h3,5,7,9H,2,4,6,8,11H2,1H3,(H,12,14). The summed E-state index contributed by atoms with van der Waals surface area (Å²) in [5.74, 6) is 1.45. The molecular formula is C10H18N4. The van der Waals surface area contributed by atoms with Gasteiger partial charge in [-0.3, -0.25) is 0 Å². The number of hydrogen-bond acceptors (Lipinski definition) is 4. The third kappa shape index (κ3) is 4.18. The van der Waals surface area contributed by atoms with Gasteiger partial charge in [0.2, 0.25) is 0 Å². The zero-order valence-electron chi connectivity index (χ0n) is 8.61. The number of nitrogens with one attached hydrogen (secondary N) is 1. The summed E-state index contributed by atoms with van der Waals surface area (Å²) >= 11 is 0. The Bertz CT molecular complexity index is 237. The van der Waals surface area contributed by atoms with Gasteiger partial charge >= 0.3 is 0 Å². The molecule has 0 aromatic carbocycles. The van der Waals surface area contributed by atoms with E-state index in [0.29, 0.717) is 5.92 Å². The van der Waals surface area contributed by atoms with E-state index >= 15 is 0 Å². The number of nitrogens with two attached hydrogens (primary N) is 1. The van der Waals surface area contributed by atoms with Crippen molar-refractivity contribution >= 4 is 5.82 Å². The van der Waals surface area contributed by atoms with Gasteiger partial charge in [-0.15, -0.1) is 5.10 Å². The van der Waals surface area contributed by atoms with Crippen molar-refractivity contribution in [2.45, 2.75) is 19.8 Å². The smallest absolute Gasteiger partial charge is 0.148 e. The lowest BCUT2D eigenvalue weighted by Gasteiger charge is -2.08. The molecule has 0 saturated carbocycles. The van der Waals surface area contributed by atoms with E-state index in [9.17, 15) is 0 Å². The van der Waals surface area contributed by atoms with Crippen molar-refractivity contribution in [3.05, 3.63) is 18.3 Å². The summed E-state index contributed by atoms with van der Waals surface area (Å²) in [5.41, 5.74) is 5.52. The minimum Gasteiger partial charge on any atom is -0.369 e. The summed E-state index contributed by atoms with van der Waals surface area (Å²) in [4.78, 5) is 0. The van der Waals surface area contributed by atoms with Crippen LogP contribution in [0.4, 0.5) is 5.82 Å². The van der Waals surface area contributed by atoms with Gasteiger partial charge in [0.25, 0.3) is 0 Å². The minimum atomic E-state index is 0.610. The minimum absolute atomic E-state index is 0.610. The van der Waals surface area contributed by atoms with E-state index in [0.717, 1.165) is 31.7 Å². The van der Waals surface area contributed by atoms with Crippen LogP contribution in [0.15, 0.2) is 18.3 Å². The second-order valence-electron chi connectivity index (χ2n) is 3.52. The molecule has 1 atom stereocenters. The number of hydrogen-bond donors (Lipinski definition) is 2. The molecule has 1 aromatic heterocycles. The Morgan fingerprint density at radius 2 is 2.43 bits per heavy atom. The number of aromatic nitrogens is 2. The molecule has 1 rings (SSSR count). The summed E-state index contributed by atoms with van der Waals surface area (Å²) < 4.78 is 0. The van der Waals surface area contributed by atoms with Gasteiger partial charge in [0, 0.05) is 12.7 Å². The molecule has 0 bridgehead atoms. The maximum absolute atomic E-state index is 5.52. The first kappa shape index (κ1) is 10.9. The van der Waals surface area contributed by atoms with Crippen LogP contribution in [0.5, 0.6) is 0 Å². The van der Waals surface area contributed by atoms with E-state index in [4.69, 9.17) is 5.73 Å². The lowest BCUT2D eigenvalue weighted by atomic mass is 10.1. The van der Waals surface area contributed by atoms with E-state index in [1.165, 1.54) is 0 Å². The lowest BCUT2D eigenvalue weighted by molar-refractivity contribution is 0.529. The summed E-state index contributed by atoms with van der Waals surface area (Å²) in [7, 11) is 0. The van der Waals surface area contributed by atoms with Crippen molar-refractivity contribution in [1.82, 2.24) is 10.2 Å². The van der Waals surface area contributed by atoms with Crippen LogP contribution >= 0.6 is 0 Å². The monoisotopic (exact) mass is 194 g/mol. The Morgan fingerprint density at radius 3 is 3.07 bits per heavy atom. The number of rotatable bonds is 6.